The number of aliphatic hydroxyl groups is 1. The molecule has 0 aliphatic rings. The maximum atomic E-state index is 9.40. The number of hydrogen-bond acceptors (Lipinski definition) is 4. The minimum atomic E-state index is -0.0925. The van der Waals surface area contributed by atoms with Crippen molar-refractivity contribution in [2.75, 3.05) is 34.9 Å². The van der Waals surface area contributed by atoms with Crippen LogP contribution in [0.1, 0.15) is 11.6 Å². The van der Waals surface area contributed by atoms with Gasteiger partial charge in [0.1, 0.15) is 11.5 Å². The number of nitrogens with zero attached hydrogens (tertiary/aromatic N) is 1. The van der Waals surface area contributed by atoms with Crippen LogP contribution >= 0.6 is 0 Å². The molecule has 0 aliphatic heterocycles. The summed E-state index contributed by atoms with van der Waals surface area (Å²) < 4.78 is 10.5. The second kappa shape index (κ2) is 5.72. The van der Waals surface area contributed by atoms with E-state index >= 15 is 0 Å². The van der Waals surface area contributed by atoms with E-state index in [0.29, 0.717) is 0 Å². The number of ether oxygens (including phenoxy) is 2. The van der Waals surface area contributed by atoms with Crippen LogP contribution in [0.5, 0.6) is 11.5 Å². The summed E-state index contributed by atoms with van der Waals surface area (Å²) in [5, 5.41) is 9.40. The van der Waals surface area contributed by atoms with Gasteiger partial charge in [-0.1, -0.05) is 0 Å². The highest BCUT2D eigenvalue weighted by atomic mass is 16.5. The zero-order valence-corrected chi connectivity index (χ0v) is 10.2. The lowest BCUT2D eigenvalue weighted by atomic mass is 10.1. The van der Waals surface area contributed by atoms with Crippen LogP contribution in [-0.4, -0.2) is 44.9 Å². The van der Waals surface area contributed by atoms with Crippen LogP contribution < -0.4 is 9.47 Å². The van der Waals surface area contributed by atoms with Crippen molar-refractivity contribution in [1.29, 1.82) is 0 Å². The van der Waals surface area contributed by atoms with Gasteiger partial charge in [0.2, 0.25) is 0 Å². The van der Waals surface area contributed by atoms with Crippen molar-refractivity contribution in [3.8, 4) is 11.5 Å². The number of methoxy groups -OCH3 is 2. The fraction of sp³-hybridized carbons (Fsp3) is 0.500. The van der Waals surface area contributed by atoms with E-state index in [4.69, 9.17) is 9.47 Å². The molecule has 0 aromatic heterocycles. The first kappa shape index (κ1) is 12.8. The molecule has 1 unspecified atom stereocenters. The van der Waals surface area contributed by atoms with Gasteiger partial charge in [-0.2, -0.15) is 0 Å². The Balaban J connectivity index is 3.15. The molecule has 1 N–H and O–H groups in total. The van der Waals surface area contributed by atoms with Crippen molar-refractivity contribution in [2.24, 2.45) is 0 Å². The van der Waals surface area contributed by atoms with Crippen LogP contribution in [0.15, 0.2) is 18.2 Å². The van der Waals surface area contributed by atoms with E-state index in [1.165, 1.54) is 0 Å². The van der Waals surface area contributed by atoms with E-state index in [-0.39, 0.29) is 12.6 Å². The summed E-state index contributed by atoms with van der Waals surface area (Å²) in [5.41, 5.74) is 0.925. The molecular weight excluding hydrogens is 206 g/mol. The minimum Gasteiger partial charge on any atom is -0.497 e. The van der Waals surface area contributed by atoms with Gasteiger partial charge in [0, 0.05) is 5.56 Å². The molecule has 0 aliphatic carbocycles. The molecule has 0 amide bonds. The summed E-state index contributed by atoms with van der Waals surface area (Å²) >= 11 is 0. The maximum absolute atomic E-state index is 9.40. The van der Waals surface area contributed by atoms with Crippen molar-refractivity contribution in [1.82, 2.24) is 4.90 Å². The summed E-state index contributed by atoms with van der Waals surface area (Å²) in [6, 6.07) is 5.48. The Labute approximate surface area is 96.4 Å². The normalized spacial score (nSPS) is 12.6. The molecule has 4 nitrogen and oxygen atoms in total. The molecule has 0 saturated carbocycles. The maximum Gasteiger partial charge on any atom is 0.124 e. The van der Waals surface area contributed by atoms with Crippen LogP contribution in [0.2, 0.25) is 0 Å². The molecule has 0 fully saturated rings. The average Bonchev–Trinajstić information content (AvgIpc) is 2.29. The fourth-order valence-corrected chi connectivity index (χ4v) is 1.64. The van der Waals surface area contributed by atoms with Crippen LogP contribution in [0.4, 0.5) is 0 Å². The van der Waals surface area contributed by atoms with Gasteiger partial charge in [-0.05, 0) is 32.3 Å². The van der Waals surface area contributed by atoms with Gasteiger partial charge in [-0.3, -0.25) is 0 Å². The van der Waals surface area contributed by atoms with Gasteiger partial charge in [-0.15, -0.1) is 0 Å². The van der Waals surface area contributed by atoms with E-state index < -0.39 is 0 Å². The van der Waals surface area contributed by atoms with E-state index in [9.17, 15) is 5.11 Å². The molecular formula is C12H19NO3. The summed E-state index contributed by atoms with van der Waals surface area (Å²) in [7, 11) is 7.07. The van der Waals surface area contributed by atoms with Crippen molar-refractivity contribution in [3.63, 3.8) is 0 Å². The molecule has 90 valence electrons. The number of aliphatic hydroxyl groups excluding tert-OH is 1. The second-order valence-electron chi connectivity index (χ2n) is 3.77. The standard InChI is InChI=1S/C12H19NO3/c1-13(2)11(8-14)10-7-9(15-3)5-6-12(10)16-4/h5-7,11,14H,8H2,1-4H3. The van der Waals surface area contributed by atoms with Crippen molar-refractivity contribution < 1.29 is 14.6 Å². The lowest BCUT2D eigenvalue weighted by molar-refractivity contribution is 0.167. The number of rotatable bonds is 5. The summed E-state index contributed by atoms with van der Waals surface area (Å²) in [6.45, 7) is 0.0382. The number of likely N-dealkylation sites (N-methyl/N-ethyl adjacent to an activating group) is 1. The van der Waals surface area contributed by atoms with Gasteiger partial charge in [-0.25, -0.2) is 0 Å². The summed E-state index contributed by atoms with van der Waals surface area (Å²) in [4.78, 5) is 1.94. The van der Waals surface area contributed by atoms with E-state index in [1.807, 2.05) is 37.2 Å². The van der Waals surface area contributed by atoms with Gasteiger partial charge in [0.15, 0.2) is 0 Å². The Kier molecular flexibility index (Phi) is 4.58. The smallest absolute Gasteiger partial charge is 0.124 e. The quantitative estimate of drug-likeness (QED) is 0.820. The predicted molar refractivity (Wildman–Crippen MR) is 63.1 cm³/mol. The summed E-state index contributed by atoms with van der Waals surface area (Å²) in [6.07, 6.45) is 0. The molecule has 16 heavy (non-hydrogen) atoms. The molecule has 0 saturated heterocycles. The number of hydrogen-bond donors (Lipinski definition) is 1. The average molecular weight is 225 g/mol. The van der Waals surface area contributed by atoms with Gasteiger partial charge in [0.25, 0.3) is 0 Å². The third-order valence-electron chi connectivity index (χ3n) is 2.59. The van der Waals surface area contributed by atoms with Crippen LogP contribution in [0.25, 0.3) is 0 Å². The van der Waals surface area contributed by atoms with Crippen LogP contribution in [0.3, 0.4) is 0 Å². The van der Waals surface area contributed by atoms with E-state index in [1.54, 1.807) is 14.2 Å². The Hall–Kier alpha value is -1.26. The first-order valence-corrected chi connectivity index (χ1v) is 5.13. The van der Waals surface area contributed by atoms with Crippen molar-refractivity contribution >= 4 is 0 Å². The number of benzene rings is 1. The Morgan fingerprint density at radius 3 is 2.38 bits per heavy atom. The predicted octanol–water partition coefficient (Wildman–Crippen LogP) is 1.30. The molecule has 0 heterocycles. The molecule has 1 rings (SSSR count). The first-order valence-electron chi connectivity index (χ1n) is 5.13. The van der Waals surface area contributed by atoms with Crippen LogP contribution in [-0.2, 0) is 0 Å². The molecule has 4 heteroatoms. The van der Waals surface area contributed by atoms with Crippen LogP contribution in [0, 0.1) is 0 Å². The zero-order valence-electron chi connectivity index (χ0n) is 10.2. The molecule has 1 aromatic carbocycles. The SMILES string of the molecule is COc1ccc(OC)c(C(CO)N(C)C)c1. The molecule has 1 atom stereocenters. The highest BCUT2D eigenvalue weighted by molar-refractivity contribution is 5.42. The molecule has 1 aromatic rings. The lowest BCUT2D eigenvalue weighted by Crippen LogP contribution is -2.23. The zero-order chi connectivity index (χ0) is 12.1. The van der Waals surface area contributed by atoms with Gasteiger partial charge < -0.3 is 19.5 Å². The lowest BCUT2D eigenvalue weighted by Gasteiger charge is -2.24. The highest BCUT2D eigenvalue weighted by Gasteiger charge is 2.18. The highest BCUT2D eigenvalue weighted by Crippen LogP contribution is 2.31. The topological polar surface area (TPSA) is 41.9 Å². The third kappa shape index (κ3) is 2.65. The monoisotopic (exact) mass is 225 g/mol. The first-order chi connectivity index (χ1) is 7.63. The van der Waals surface area contributed by atoms with Crippen molar-refractivity contribution in [3.05, 3.63) is 23.8 Å². The third-order valence-corrected chi connectivity index (χ3v) is 2.59. The largest absolute Gasteiger partial charge is 0.497 e. The molecule has 0 bridgehead atoms. The van der Waals surface area contributed by atoms with E-state index in [2.05, 4.69) is 0 Å². The fourth-order valence-electron chi connectivity index (χ4n) is 1.64. The van der Waals surface area contributed by atoms with Gasteiger partial charge >= 0.3 is 0 Å². The van der Waals surface area contributed by atoms with E-state index in [0.717, 1.165) is 17.1 Å². The molecule has 0 spiro atoms. The minimum absolute atomic E-state index is 0.0382. The Morgan fingerprint density at radius 1 is 1.25 bits per heavy atom. The van der Waals surface area contributed by atoms with Gasteiger partial charge in [0.05, 0.1) is 26.9 Å². The molecule has 0 radical (unpaired) electrons. The summed E-state index contributed by atoms with van der Waals surface area (Å²) in [5.74, 6) is 1.52. The Morgan fingerprint density at radius 2 is 1.94 bits per heavy atom. The Bertz CT molecular complexity index is 339. The second-order valence-corrected chi connectivity index (χ2v) is 3.77. The van der Waals surface area contributed by atoms with Crippen molar-refractivity contribution in [2.45, 2.75) is 6.04 Å².